The zero-order valence-electron chi connectivity index (χ0n) is 13.0. The Morgan fingerprint density at radius 3 is 3.00 bits per heavy atom. The van der Waals surface area contributed by atoms with Crippen LogP contribution in [-0.4, -0.2) is 27.9 Å². The summed E-state index contributed by atoms with van der Waals surface area (Å²) in [5.41, 5.74) is 9.35. The molecule has 22 heavy (non-hydrogen) atoms. The number of fused-ring (bicyclic) bond motifs is 2. The van der Waals surface area contributed by atoms with Gasteiger partial charge in [-0.2, -0.15) is 10.4 Å². The molecule has 114 valence electrons. The highest BCUT2D eigenvalue weighted by molar-refractivity contribution is 5.64. The second kappa shape index (κ2) is 5.27. The molecule has 0 aliphatic carbocycles. The molecule has 0 radical (unpaired) electrons. The SMILES string of the molecule is N#Cc1cc(-c2cc3n(n2)CC[C@@]32CCNC2)cnc1N.[Cl-].[H+]. The molecule has 0 bridgehead atoms. The first kappa shape index (κ1) is 14.8. The van der Waals surface area contributed by atoms with Gasteiger partial charge in [-0.05, 0) is 31.5 Å². The van der Waals surface area contributed by atoms with Gasteiger partial charge in [-0.3, -0.25) is 4.68 Å². The predicted octanol–water partition coefficient (Wildman–Crippen LogP) is -1.85. The molecular weight excluding hydrogens is 300 g/mol. The summed E-state index contributed by atoms with van der Waals surface area (Å²) < 4.78 is 2.10. The van der Waals surface area contributed by atoms with Gasteiger partial charge in [0.2, 0.25) is 0 Å². The minimum atomic E-state index is 0. The van der Waals surface area contributed by atoms with Gasteiger partial charge in [-0.15, -0.1) is 0 Å². The van der Waals surface area contributed by atoms with E-state index >= 15 is 0 Å². The largest absolute Gasteiger partial charge is 1.00 e. The standard InChI is InChI=1S/C15H16N6.ClH/c16-7-10-5-11(8-19-14(10)17)12-6-13-15(1-3-18-9-15)2-4-21(13)20-12;/h5-6,8,18H,1-4,9H2,(H2,17,19);1H/t15-;/m1./s1. The average Bonchev–Trinajstić information content (AvgIpc) is 3.19. The quantitative estimate of drug-likeness (QED) is 0.644. The van der Waals surface area contributed by atoms with Crippen molar-refractivity contribution in [1.82, 2.24) is 20.1 Å². The zero-order valence-corrected chi connectivity index (χ0v) is 12.8. The van der Waals surface area contributed by atoms with Crippen LogP contribution in [-0.2, 0) is 12.0 Å². The zero-order chi connectivity index (χ0) is 14.4. The first-order valence-corrected chi connectivity index (χ1v) is 7.17. The van der Waals surface area contributed by atoms with Crippen molar-refractivity contribution in [3.63, 3.8) is 0 Å². The summed E-state index contributed by atoms with van der Waals surface area (Å²) in [6, 6.07) is 5.98. The molecule has 2 aromatic rings. The first-order chi connectivity index (χ1) is 10.2. The molecule has 3 N–H and O–H groups in total. The fourth-order valence-electron chi connectivity index (χ4n) is 3.48. The number of nitrogens with two attached hydrogens (primary N) is 1. The van der Waals surface area contributed by atoms with Crippen molar-refractivity contribution < 1.29 is 13.8 Å². The van der Waals surface area contributed by atoms with E-state index in [1.165, 1.54) is 12.1 Å². The molecule has 0 saturated carbocycles. The second-order valence-electron chi connectivity index (χ2n) is 5.86. The Balaban J connectivity index is 0.000000960. The Hall–Kier alpha value is -2.10. The van der Waals surface area contributed by atoms with E-state index in [0.717, 1.165) is 37.3 Å². The third-order valence-electron chi connectivity index (χ3n) is 4.70. The molecule has 0 aromatic carbocycles. The Morgan fingerprint density at radius 1 is 1.41 bits per heavy atom. The number of halogens is 1. The van der Waals surface area contributed by atoms with Gasteiger partial charge < -0.3 is 23.5 Å². The van der Waals surface area contributed by atoms with E-state index in [2.05, 4.69) is 32.2 Å². The maximum atomic E-state index is 9.07. The summed E-state index contributed by atoms with van der Waals surface area (Å²) in [5, 5.41) is 17.2. The van der Waals surface area contributed by atoms with Gasteiger partial charge in [-0.1, -0.05) is 0 Å². The van der Waals surface area contributed by atoms with E-state index in [1.54, 1.807) is 12.3 Å². The number of anilines is 1. The molecule has 6 nitrogen and oxygen atoms in total. The highest BCUT2D eigenvalue weighted by atomic mass is 35.5. The minimum Gasteiger partial charge on any atom is -1.00 e. The fourth-order valence-corrected chi connectivity index (χ4v) is 3.48. The molecule has 2 aliphatic heterocycles. The Bertz CT molecular complexity index is 760. The highest BCUT2D eigenvalue weighted by Crippen LogP contribution is 2.41. The Labute approximate surface area is 136 Å². The summed E-state index contributed by atoms with van der Waals surface area (Å²) in [5.74, 6) is 0.268. The number of nitrogen functional groups attached to an aromatic ring is 1. The lowest BCUT2D eigenvalue weighted by atomic mass is 9.82. The van der Waals surface area contributed by atoms with Gasteiger partial charge in [-0.25, -0.2) is 4.98 Å². The van der Waals surface area contributed by atoms with E-state index in [1.807, 2.05) is 0 Å². The molecule has 1 saturated heterocycles. The van der Waals surface area contributed by atoms with Crippen LogP contribution >= 0.6 is 0 Å². The number of hydrogen-bond acceptors (Lipinski definition) is 5. The summed E-state index contributed by atoms with van der Waals surface area (Å²) in [4.78, 5) is 4.09. The van der Waals surface area contributed by atoms with Crippen LogP contribution in [0.4, 0.5) is 5.82 Å². The lowest BCUT2D eigenvalue weighted by Gasteiger charge is -2.20. The van der Waals surface area contributed by atoms with Crippen LogP contribution in [0, 0.1) is 11.3 Å². The topological polar surface area (TPSA) is 92.5 Å². The monoisotopic (exact) mass is 316 g/mol. The number of rotatable bonds is 1. The molecule has 2 aromatic heterocycles. The number of aryl methyl sites for hydroxylation is 1. The van der Waals surface area contributed by atoms with Gasteiger partial charge in [0.05, 0.1) is 11.3 Å². The van der Waals surface area contributed by atoms with Crippen LogP contribution in [0.3, 0.4) is 0 Å². The molecule has 1 spiro atoms. The van der Waals surface area contributed by atoms with Crippen molar-refractivity contribution in [2.24, 2.45) is 0 Å². The van der Waals surface area contributed by atoms with Crippen LogP contribution in [0.1, 0.15) is 25.5 Å². The molecule has 4 heterocycles. The summed E-state index contributed by atoms with van der Waals surface area (Å²) >= 11 is 0. The molecule has 4 rings (SSSR count). The number of hydrogen-bond donors (Lipinski definition) is 2. The number of nitrogens with zero attached hydrogens (tertiary/aromatic N) is 4. The van der Waals surface area contributed by atoms with Crippen molar-refractivity contribution in [2.45, 2.75) is 24.8 Å². The fraction of sp³-hybridized carbons (Fsp3) is 0.400. The average molecular weight is 317 g/mol. The Kier molecular flexibility index (Phi) is 3.55. The maximum absolute atomic E-state index is 9.07. The molecule has 1 fully saturated rings. The lowest BCUT2D eigenvalue weighted by Crippen LogP contribution is -3.00. The molecule has 7 heteroatoms. The van der Waals surface area contributed by atoms with E-state index in [-0.39, 0.29) is 25.1 Å². The summed E-state index contributed by atoms with van der Waals surface area (Å²) in [6.07, 6.45) is 4.02. The summed E-state index contributed by atoms with van der Waals surface area (Å²) in [7, 11) is 0. The molecule has 0 amide bonds. The van der Waals surface area contributed by atoms with Crippen molar-refractivity contribution in [3.8, 4) is 17.3 Å². The van der Waals surface area contributed by atoms with Crippen LogP contribution in [0.2, 0.25) is 0 Å². The van der Waals surface area contributed by atoms with E-state index in [9.17, 15) is 0 Å². The van der Waals surface area contributed by atoms with Crippen LogP contribution in [0.5, 0.6) is 0 Å². The van der Waals surface area contributed by atoms with Crippen molar-refractivity contribution in [2.75, 3.05) is 18.8 Å². The van der Waals surface area contributed by atoms with Crippen molar-refractivity contribution >= 4 is 5.82 Å². The third-order valence-corrected chi connectivity index (χ3v) is 4.70. The smallest absolute Gasteiger partial charge is 1.00 e. The van der Waals surface area contributed by atoms with Crippen LogP contribution in [0.25, 0.3) is 11.3 Å². The number of nitriles is 1. The molecule has 1 atom stereocenters. The number of pyridine rings is 1. The lowest BCUT2D eigenvalue weighted by molar-refractivity contribution is -0.00000473. The maximum Gasteiger partial charge on any atom is 1.00 e. The highest BCUT2D eigenvalue weighted by Gasteiger charge is 2.42. The normalized spacial score (nSPS) is 22.3. The van der Waals surface area contributed by atoms with Crippen molar-refractivity contribution in [1.29, 1.82) is 5.26 Å². The van der Waals surface area contributed by atoms with E-state index in [0.29, 0.717) is 5.56 Å². The van der Waals surface area contributed by atoms with Crippen molar-refractivity contribution in [3.05, 3.63) is 29.6 Å². The minimum absolute atomic E-state index is 0. The van der Waals surface area contributed by atoms with Gasteiger partial charge in [0, 0.05) is 36.0 Å². The molecule has 2 aliphatic rings. The third kappa shape index (κ3) is 2.05. The van der Waals surface area contributed by atoms with Gasteiger partial charge in [0.15, 0.2) is 0 Å². The summed E-state index contributed by atoms with van der Waals surface area (Å²) in [6.45, 7) is 3.06. The van der Waals surface area contributed by atoms with Gasteiger partial charge >= 0.3 is 1.43 Å². The second-order valence-corrected chi connectivity index (χ2v) is 5.86. The van der Waals surface area contributed by atoms with Gasteiger partial charge in [0.1, 0.15) is 11.9 Å². The van der Waals surface area contributed by atoms with Crippen LogP contribution < -0.4 is 23.5 Å². The van der Waals surface area contributed by atoms with E-state index < -0.39 is 0 Å². The van der Waals surface area contributed by atoms with Crippen LogP contribution in [0.15, 0.2) is 18.3 Å². The number of nitrogens with one attached hydrogen (secondary N) is 1. The van der Waals surface area contributed by atoms with Gasteiger partial charge in [0.25, 0.3) is 0 Å². The first-order valence-electron chi connectivity index (χ1n) is 7.17. The molecule has 0 unspecified atom stereocenters. The predicted molar refractivity (Wildman–Crippen MR) is 79.5 cm³/mol. The van der Waals surface area contributed by atoms with E-state index in [4.69, 9.17) is 11.0 Å². The Morgan fingerprint density at radius 2 is 2.27 bits per heavy atom. The number of aromatic nitrogens is 3. The molecular formula is C15H17ClN6.